The molecule has 3 aromatic rings. The summed E-state index contributed by atoms with van der Waals surface area (Å²) >= 11 is 0. The summed E-state index contributed by atoms with van der Waals surface area (Å²) in [5, 5.41) is 3.25. The topological polar surface area (TPSA) is 67.9 Å². The van der Waals surface area contributed by atoms with Crippen molar-refractivity contribution in [2.75, 3.05) is 14.2 Å². The van der Waals surface area contributed by atoms with Crippen molar-refractivity contribution in [3.8, 4) is 11.5 Å². The summed E-state index contributed by atoms with van der Waals surface area (Å²) in [6.45, 7) is 0.307. The highest BCUT2D eigenvalue weighted by Gasteiger charge is 2.32. The smallest absolute Gasteiger partial charge is 0.243 e. The van der Waals surface area contributed by atoms with Gasteiger partial charge in [-0.2, -0.15) is 0 Å². The maximum absolute atomic E-state index is 13.9. The average molecular weight is 501 g/mol. The Morgan fingerprint density at radius 3 is 2.19 bits per heavy atom. The van der Waals surface area contributed by atoms with Crippen molar-refractivity contribution in [3.05, 3.63) is 95.6 Å². The molecule has 1 atom stereocenters. The van der Waals surface area contributed by atoms with Gasteiger partial charge in [0.2, 0.25) is 11.8 Å². The zero-order valence-electron chi connectivity index (χ0n) is 21.7. The van der Waals surface area contributed by atoms with Crippen LogP contribution in [0.2, 0.25) is 0 Å². The molecule has 6 heteroatoms. The lowest BCUT2D eigenvalue weighted by molar-refractivity contribution is -0.141. The van der Waals surface area contributed by atoms with Crippen LogP contribution < -0.4 is 14.8 Å². The summed E-state index contributed by atoms with van der Waals surface area (Å²) < 4.78 is 10.7. The molecule has 37 heavy (non-hydrogen) atoms. The summed E-state index contributed by atoms with van der Waals surface area (Å²) in [4.78, 5) is 29.4. The van der Waals surface area contributed by atoms with Crippen molar-refractivity contribution in [1.29, 1.82) is 0 Å². The highest BCUT2D eigenvalue weighted by molar-refractivity contribution is 5.89. The van der Waals surface area contributed by atoms with Crippen molar-refractivity contribution in [1.82, 2.24) is 10.2 Å². The number of carbonyl (C=O) groups is 2. The van der Waals surface area contributed by atoms with Gasteiger partial charge in [-0.3, -0.25) is 9.59 Å². The number of hydrogen-bond donors (Lipinski definition) is 1. The summed E-state index contributed by atoms with van der Waals surface area (Å²) in [5.41, 5.74) is 2.80. The van der Waals surface area contributed by atoms with E-state index in [0.717, 1.165) is 53.9 Å². The molecule has 0 aliphatic heterocycles. The molecule has 0 radical (unpaired) electrons. The van der Waals surface area contributed by atoms with Gasteiger partial charge in [-0.15, -0.1) is 0 Å². The highest BCUT2D eigenvalue weighted by Crippen LogP contribution is 2.22. The van der Waals surface area contributed by atoms with Gasteiger partial charge >= 0.3 is 0 Å². The van der Waals surface area contributed by atoms with Crippen LogP contribution in [0, 0.1) is 0 Å². The van der Waals surface area contributed by atoms with E-state index in [1.165, 1.54) is 0 Å². The molecule has 1 fully saturated rings. The lowest BCUT2D eigenvalue weighted by Gasteiger charge is -2.32. The molecule has 4 rings (SSSR count). The standard InChI is InChI=1S/C31H36N2O4/c1-36-27-17-15-24(16-18-27)21-30(34)33(22-25-11-8-14-28(19-25)37-2)29(20-23-9-4-3-5-10-23)31(35)32-26-12-6-7-13-26/h3-5,8-11,14-19,26,29H,6-7,12-13,20-22H2,1-2H3,(H,32,35)/t29-/m1/s1. The van der Waals surface area contributed by atoms with Gasteiger partial charge in [-0.05, 0) is 53.8 Å². The fraction of sp³-hybridized carbons (Fsp3) is 0.355. The third-order valence-electron chi connectivity index (χ3n) is 6.97. The van der Waals surface area contributed by atoms with Crippen molar-refractivity contribution in [3.63, 3.8) is 0 Å². The SMILES string of the molecule is COc1ccc(CC(=O)N(Cc2cccc(OC)c2)[C@H](Cc2ccccc2)C(=O)NC2CCCC2)cc1. The monoisotopic (exact) mass is 500 g/mol. The molecule has 0 saturated heterocycles. The zero-order valence-corrected chi connectivity index (χ0v) is 21.7. The number of nitrogens with one attached hydrogen (secondary N) is 1. The normalized spacial score (nSPS) is 14.1. The maximum Gasteiger partial charge on any atom is 0.243 e. The molecule has 2 amide bonds. The third kappa shape index (κ3) is 7.35. The Labute approximate surface area is 219 Å². The summed E-state index contributed by atoms with van der Waals surface area (Å²) in [7, 11) is 3.24. The van der Waals surface area contributed by atoms with Crippen molar-refractivity contribution in [2.24, 2.45) is 0 Å². The fourth-order valence-corrected chi connectivity index (χ4v) is 4.91. The largest absolute Gasteiger partial charge is 0.497 e. The predicted octanol–water partition coefficient (Wildman–Crippen LogP) is 4.95. The molecule has 3 aromatic carbocycles. The Morgan fingerprint density at radius 2 is 1.51 bits per heavy atom. The third-order valence-corrected chi connectivity index (χ3v) is 6.97. The van der Waals surface area contributed by atoms with Crippen LogP contribution >= 0.6 is 0 Å². The van der Waals surface area contributed by atoms with E-state index in [1.54, 1.807) is 19.1 Å². The van der Waals surface area contributed by atoms with E-state index < -0.39 is 6.04 Å². The quantitative estimate of drug-likeness (QED) is 0.405. The number of amides is 2. The van der Waals surface area contributed by atoms with Crippen molar-refractivity contribution >= 4 is 11.8 Å². The van der Waals surface area contributed by atoms with E-state index in [0.29, 0.717) is 13.0 Å². The van der Waals surface area contributed by atoms with Crippen LogP contribution in [0.4, 0.5) is 0 Å². The van der Waals surface area contributed by atoms with E-state index in [1.807, 2.05) is 78.9 Å². The van der Waals surface area contributed by atoms with E-state index in [9.17, 15) is 9.59 Å². The lowest BCUT2D eigenvalue weighted by atomic mass is 10.0. The summed E-state index contributed by atoms with van der Waals surface area (Å²) in [6.07, 6.45) is 4.85. The first kappa shape index (κ1) is 26.3. The molecule has 0 unspecified atom stereocenters. The van der Waals surface area contributed by atoms with E-state index in [2.05, 4.69) is 5.32 Å². The molecule has 1 saturated carbocycles. The van der Waals surface area contributed by atoms with Gasteiger partial charge in [0.05, 0.1) is 20.6 Å². The molecule has 0 bridgehead atoms. The molecule has 0 spiro atoms. The Bertz CT molecular complexity index is 1160. The fourth-order valence-electron chi connectivity index (χ4n) is 4.91. The second kappa shape index (κ2) is 12.9. The van der Waals surface area contributed by atoms with Crippen LogP contribution in [0.25, 0.3) is 0 Å². The average Bonchev–Trinajstić information content (AvgIpc) is 3.44. The molecule has 1 N–H and O–H groups in total. The molecule has 0 aromatic heterocycles. The maximum atomic E-state index is 13.9. The Balaban J connectivity index is 1.65. The van der Waals surface area contributed by atoms with Crippen LogP contribution in [-0.4, -0.2) is 43.0 Å². The molecular weight excluding hydrogens is 464 g/mol. The van der Waals surface area contributed by atoms with Gasteiger partial charge in [0.25, 0.3) is 0 Å². The number of hydrogen-bond acceptors (Lipinski definition) is 4. The van der Waals surface area contributed by atoms with Crippen LogP contribution in [-0.2, 0) is 29.0 Å². The number of benzene rings is 3. The number of methoxy groups -OCH3 is 2. The van der Waals surface area contributed by atoms with E-state index in [4.69, 9.17) is 9.47 Å². The molecule has 1 aliphatic rings. The van der Waals surface area contributed by atoms with Crippen LogP contribution in [0.1, 0.15) is 42.4 Å². The molecular formula is C31H36N2O4. The summed E-state index contributed by atoms with van der Waals surface area (Å²) in [5.74, 6) is 1.26. The van der Waals surface area contributed by atoms with E-state index in [-0.39, 0.29) is 24.3 Å². The second-order valence-corrected chi connectivity index (χ2v) is 9.59. The highest BCUT2D eigenvalue weighted by atomic mass is 16.5. The van der Waals surface area contributed by atoms with Gasteiger partial charge in [-0.25, -0.2) is 0 Å². The number of nitrogens with zero attached hydrogens (tertiary/aromatic N) is 1. The molecule has 0 heterocycles. The van der Waals surface area contributed by atoms with Gasteiger partial charge in [0, 0.05) is 19.0 Å². The Hall–Kier alpha value is -3.80. The van der Waals surface area contributed by atoms with E-state index >= 15 is 0 Å². The first-order valence-corrected chi connectivity index (χ1v) is 13.0. The minimum Gasteiger partial charge on any atom is -0.497 e. The van der Waals surface area contributed by atoms with Crippen LogP contribution in [0.3, 0.4) is 0 Å². The van der Waals surface area contributed by atoms with Crippen molar-refractivity contribution < 1.29 is 19.1 Å². The number of carbonyl (C=O) groups excluding carboxylic acids is 2. The molecule has 6 nitrogen and oxygen atoms in total. The first-order valence-electron chi connectivity index (χ1n) is 13.0. The minimum atomic E-state index is -0.639. The summed E-state index contributed by atoms with van der Waals surface area (Å²) in [6, 6.07) is 24.6. The Kier molecular flexibility index (Phi) is 9.19. The van der Waals surface area contributed by atoms with Crippen LogP contribution in [0.5, 0.6) is 11.5 Å². The van der Waals surface area contributed by atoms with Gasteiger partial charge < -0.3 is 19.7 Å². The zero-order chi connectivity index (χ0) is 26.0. The minimum absolute atomic E-state index is 0.0956. The predicted molar refractivity (Wildman–Crippen MR) is 145 cm³/mol. The second-order valence-electron chi connectivity index (χ2n) is 9.59. The van der Waals surface area contributed by atoms with Crippen molar-refractivity contribution in [2.45, 2.75) is 57.2 Å². The van der Waals surface area contributed by atoms with Gasteiger partial charge in [-0.1, -0.05) is 67.4 Å². The molecule has 194 valence electrons. The Morgan fingerprint density at radius 1 is 0.838 bits per heavy atom. The number of ether oxygens (including phenoxy) is 2. The lowest BCUT2D eigenvalue weighted by Crippen LogP contribution is -2.52. The first-order chi connectivity index (χ1) is 18.1. The van der Waals surface area contributed by atoms with Crippen LogP contribution in [0.15, 0.2) is 78.9 Å². The van der Waals surface area contributed by atoms with Gasteiger partial charge in [0.1, 0.15) is 17.5 Å². The molecule has 1 aliphatic carbocycles. The number of rotatable bonds is 11. The van der Waals surface area contributed by atoms with Gasteiger partial charge in [0.15, 0.2) is 0 Å².